The summed E-state index contributed by atoms with van der Waals surface area (Å²) in [5.41, 5.74) is 3.31. The van der Waals surface area contributed by atoms with Gasteiger partial charge in [-0.15, -0.1) is 0 Å². The second-order valence-electron chi connectivity index (χ2n) is 11.1. The topological polar surface area (TPSA) is 52.6 Å². The molecule has 0 fully saturated rings. The molecule has 0 radical (unpaired) electrons. The van der Waals surface area contributed by atoms with Gasteiger partial charge in [-0.25, -0.2) is 0 Å². The highest BCUT2D eigenvalue weighted by molar-refractivity contribution is 6.06. The van der Waals surface area contributed by atoms with Crippen molar-refractivity contribution in [1.82, 2.24) is 0 Å². The van der Waals surface area contributed by atoms with Crippen LogP contribution in [0.3, 0.4) is 0 Å². The molecule has 0 aromatic heterocycles. The summed E-state index contributed by atoms with van der Waals surface area (Å²) in [4.78, 5) is 26.7. The molecule has 0 saturated carbocycles. The lowest BCUT2D eigenvalue weighted by molar-refractivity contribution is -0.120. The van der Waals surface area contributed by atoms with E-state index in [2.05, 4.69) is 40.7 Å². The van der Waals surface area contributed by atoms with Crippen molar-refractivity contribution in [3.63, 3.8) is 0 Å². The number of carbonyl (C=O) groups excluding carboxylic acids is 2. The third kappa shape index (κ3) is 3.12. The van der Waals surface area contributed by atoms with Gasteiger partial charge < -0.3 is 9.47 Å². The molecule has 2 aliphatic carbocycles. The van der Waals surface area contributed by atoms with Crippen molar-refractivity contribution < 1.29 is 19.1 Å². The van der Waals surface area contributed by atoms with Crippen LogP contribution in [0.2, 0.25) is 0 Å². The van der Waals surface area contributed by atoms with Crippen molar-refractivity contribution in [2.45, 2.75) is 78.7 Å². The predicted molar refractivity (Wildman–Crippen MR) is 114 cm³/mol. The Morgan fingerprint density at radius 1 is 0.867 bits per heavy atom. The normalized spacial score (nSPS) is 27.3. The smallest absolute Gasteiger partial charge is 0.163 e. The first-order valence-corrected chi connectivity index (χ1v) is 11.0. The van der Waals surface area contributed by atoms with Crippen molar-refractivity contribution in [2.24, 2.45) is 10.8 Å². The number of allylic oxidation sites excluding steroid dienone is 4. The Morgan fingerprint density at radius 2 is 1.43 bits per heavy atom. The molecular weight excluding hydrogens is 376 g/mol. The van der Waals surface area contributed by atoms with Gasteiger partial charge in [-0.05, 0) is 34.9 Å². The van der Waals surface area contributed by atoms with Crippen LogP contribution in [0.25, 0.3) is 0 Å². The summed E-state index contributed by atoms with van der Waals surface area (Å²) in [6, 6.07) is 6.17. The van der Waals surface area contributed by atoms with Crippen molar-refractivity contribution >= 4 is 11.6 Å². The molecule has 4 heteroatoms. The van der Waals surface area contributed by atoms with Gasteiger partial charge in [-0.3, -0.25) is 9.59 Å². The van der Waals surface area contributed by atoms with E-state index >= 15 is 0 Å². The molecule has 0 bridgehead atoms. The fourth-order valence-electron chi connectivity index (χ4n) is 5.63. The fourth-order valence-corrected chi connectivity index (χ4v) is 5.63. The van der Waals surface area contributed by atoms with E-state index in [0.29, 0.717) is 24.0 Å². The first-order valence-electron chi connectivity index (χ1n) is 11.0. The number of carbonyl (C=O) groups is 2. The Labute approximate surface area is 178 Å². The molecule has 30 heavy (non-hydrogen) atoms. The minimum absolute atomic E-state index is 0.112. The molecule has 1 aromatic rings. The van der Waals surface area contributed by atoms with Gasteiger partial charge >= 0.3 is 0 Å². The monoisotopic (exact) mass is 406 g/mol. The average molecular weight is 407 g/mol. The van der Waals surface area contributed by atoms with Gasteiger partial charge in [-0.2, -0.15) is 0 Å². The maximum absolute atomic E-state index is 13.3. The highest BCUT2D eigenvalue weighted by atomic mass is 16.5. The maximum atomic E-state index is 13.3. The Kier molecular flexibility index (Phi) is 4.13. The lowest BCUT2D eigenvalue weighted by Gasteiger charge is -2.42. The number of ether oxygens (including phenoxy) is 2. The number of benzene rings is 1. The number of rotatable bonds is 1. The Hall–Kier alpha value is -2.36. The zero-order valence-electron chi connectivity index (χ0n) is 18.6. The van der Waals surface area contributed by atoms with E-state index in [9.17, 15) is 9.59 Å². The van der Waals surface area contributed by atoms with Crippen LogP contribution in [-0.4, -0.2) is 17.7 Å². The van der Waals surface area contributed by atoms with E-state index < -0.39 is 0 Å². The quantitative estimate of drug-likeness (QED) is 0.626. The molecule has 1 aromatic carbocycles. The summed E-state index contributed by atoms with van der Waals surface area (Å²) in [6.45, 7) is 10.5. The summed E-state index contributed by atoms with van der Waals surface area (Å²) < 4.78 is 12.2. The molecule has 4 aliphatic rings. The van der Waals surface area contributed by atoms with Crippen LogP contribution in [0, 0.1) is 10.8 Å². The van der Waals surface area contributed by atoms with E-state index in [4.69, 9.17) is 9.47 Å². The van der Waals surface area contributed by atoms with Gasteiger partial charge in [0.15, 0.2) is 11.6 Å². The number of hydrogen-bond acceptors (Lipinski definition) is 4. The highest BCUT2D eigenvalue weighted by Crippen LogP contribution is 2.53. The maximum Gasteiger partial charge on any atom is 0.163 e. The molecular formula is C26H30O4. The number of Topliss-reactive ketones (excluding diaryl/α,β-unsaturated/α-hetero) is 2. The van der Waals surface area contributed by atoms with Crippen LogP contribution in [0.4, 0.5) is 0 Å². The van der Waals surface area contributed by atoms with Gasteiger partial charge in [-0.1, -0.05) is 39.8 Å². The molecule has 158 valence electrons. The second-order valence-corrected chi connectivity index (χ2v) is 11.1. The Morgan fingerprint density at radius 3 is 2.00 bits per heavy atom. The van der Waals surface area contributed by atoms with Gasteiger partial charge in [0.2, 0.25) is 0 Å². The number of fused-ring (bicyclic) bond motifs is 1. The molecule has 2 heterocycles. The van der Waals surface area contributed by atoms with Gasteiger partial charge in [0.05, 0.1) is 0 Å². The van der Waals surface area contributed by atoms with Crippen LogP contribution in [0.1, 0.15) is 77.3 Å². The summed E-state index contributed by atoms with van der Waals surface area (Å²) in [7, 11) is 0. The zero-order valence-corrected chi connectivity index (χ0v) is 18.6. The first-order chi connectivity index (χ1) is 14.0. The van der Waals surface area contributed by atoms with Crippen LogP contribution >= 0.6 is 0 Å². The zero-order chi connectivity index (χ0) is 21.4. The van der Waals surface area contributed by atoms with Crippen molar-refractivity contribution in [3.05, 3.63) is 52.0 Å². The van der Waals surface area contributed by atoms with Crippen LogP contribution in [0.5, 0.6) is 5.75 Å². The van der Waals surface area contributed by atoms with E-state index in [1.165, 1.54) is 0 Å². The minimum atomic E-state index is -0.322. The summed E-state index contributed by atoms with van der Waals surface area (Å²) >= 11 is 0. The average Bonchev–Trinajstić information content (AvgIpc) is 2.96. The van der Waals surface area contributed by atoms with Crippen LogP contribution in [0.15, 0.2) is 40.9 Å². The van der Waals surface area contributed by atoms with Crippen LogP contribution < -0.4 is 4.74 Å². The molecule has 2 aliphatic heterocycles. The van der Waals surface area contributed by atoms with Crippen LogP contribution in [-0.2, 0) is 20.7 Å². The molecule has 5 rings (SSSR count). The Bertz CT molecular complexity index is 985. The predicted octanol–water partition coefficient (Wildman–Crippen LogP) is 5.41. The molecule has 0 N–H and O–H groups in total. The molecule has 1 atom stereocenters. The Balaban J connectivity index is 1.68. The van der Waals surface area contributed by atoms with Gasteiger partial charge in [0.1, 0.15) is 23.4 Å². The van der Waals surface area contributed by atoms with Crippen molar-refractivity contribution in [1.29, 1.82) is 0 Å². The molecule has 0 unspecified atom stereocenters. The van der Waals surface area contributed by atoms with Crippen molar-refractivity contribution in [2.75, 3.05) is 0 Å². The highest BCUT2D eigenvalue weighted by Gasteiger charge is 2.47. The van der Waals surface area contributed by atoms with E-state index in [1.807, 2.05) is 12.1 Å². The minimum Gasteiger partial charge on any atom is -0.490 e. The van der Waals surface area contributed by atoms with E-state index in [-0.39, 0.29) is 34.4 Å². The summed E-state index contributed by atoms with van der Waals surface area (Å²) in [5, 5.41) is 0. The summed E-state index contributed by atoms with van der Waals surface area (Å²) in [6.07, 6.45) is 3.43. The molecule has 0 spiro atoms. The van der Waals surface area contributed by atoms with Crippen molar-refractivity contribution in [3.8, 4) is 5.75 Å². The third-order valence-corrected chi connectivity index (χ3v) is 6.84. The van der Waals surface area contributed by atoms with Gasteiger partial charge in [0.25, 0.3) is 0 Å². The first kappa shape index (κ1) is 19.6. The largest absolute Gasteiger partial charge is 0.490 e. The standard InChI is InChI=1S/C26H30O4/c1-14-8-16-9-15(6-7-19(16)29-14)22-23-17(27)10-25(2,3)12-20(23)30-21-13-26(4,5)11-18(28)24(21)22/h6-7,9,14,22H,8,10-13H2,1-5H3/t14-/m0/s1. The van der Waals surface area contributed by atoms with E-state index in [1.54, 1.807) is 0 Å². The van der Waals surface area contributed by atoms with E-state index in [0.717, 1.165) is 47.7 Å². The molecule has 4 nitrogen and oxygen atoms in total. The third-order valence-electron chi connectivity index (χ3n) is 6.84. The number of hydrogen-bond donors (Lipinski definition) is 0. The molecule has 0 saturated heterocycles. The lowest BCUT2D eigenvalue weighted by atomic mass is 9.65. The molecule has 0 amide bonds. The number of ketones is 2. The summed E-state index contributed by atoms with van der Waals surface area (Å²) in [5.74, 6) is 2.36. The van der Waals surface area contributed by atoms with Gasteiger partial charge in [0, 0.05) is 49.2 Å². The SMILES string of the molecule is C[C@H]1Cc2cc(C3C4=C(CC(C)(C)CC4=O)OC4=C3C(=O)CC(C)(C)C4)ccc2O1. The fraction of sp³-hybridized carbons (Fsp3) is 0.538. The second kappa shape index (κ2) is 6.32. The lowest BCUT2D eigenvalue weighted by Crippen LogP contribution is -2.37.